The van der Waals surface area contributed by atoms with Gasteiger partial charge in [-0.15, -0.1) is 0 Å². The second-order valence-corrected chi connectivity index (χ2v) is 6.81. The van der Waals surface area contributed by atoms with Crippen molar-refractivity contribution in [2.45, 2.75) is 38.2 Å². The highest BCUT2D eigenvalue weighted by Gasteiger charge is 2.31. The minimum Gasteiger partial charge on any atom is -0.468 e. The van der Waals surface area contributed by atoms with Gasteiger partial charge < -0.3 is 14.6 Å². The molecule has 2 aromatic carbocycles. The molecule has 29 heavy (non-hydrogen) atoms. The maximum absolute atomic E-state index is 12.5. The van der Waals surface area contributed by atoms with Crippen molar-refractivity contribution >= 4 is 34.0 Å². The fourth-order valence-electron chi connectivity index (χ4n) is 3.46. The largest absolute Gasteiger partial charge is 0.468 e. The predicted octanol–water partition coefficient (Wildman–Crippen LogP) is 3.38. The molecule has 1 N–H and O–H groups in total. The molecule has 0 spiro atoms. The van der Waals surface area contributed by atoms with E-state index in [1.807, 2.05) is 6.92 Å². The number of aliphatic hydroxyl groups is 1. The van der Waals surface area contributed by atoms with E-state index < -0.39 is 24.0 Å². The zero-order valence-corrected chi connectivity index (χ0v) is 16.7. The SMILES string of the molecule is CCCC[C@H](O)[C@H](C(=O)OC)c1cccc2nc3c(C(=O)OC)cccc3nc12. The lowest BCUT2D eigenvalue weighted by molar-refractivity contribution is -0.145. The molecule has 152 valence electrons. The molecule has 0 aliphatic heterocycles. The van der Waals surface area contributed by atoms with Gasteiger partial charge >= 0.3 is 11.9 Å². The van der Waals surface area contributed by atoms with Crippen LogP contribution in [0.25, 0.3) is 22.1 Å². The number of aromatic nitrogens is 2. The number of esters is 2. The van der Waals surface area contributed by atoms with E-state index in [1.54, 1.807) is 36.4 Å². The lowest BCUT2D eigenvalue weighted by Crippen LogP contribution is -2.27. The summed E-state index contributed by atoms with van der Waals surface area (Å²) in [5.74, 6) is -1.89. The predicted molar refractivity (Wildman–Crippen MR) is 109 cm³/mol. The molecule has 7 nitrogen and oxygen atoms in total. The van der Waals surface area contributed by atoms with E-state index in [4.69, 9.17) is 9.47 Å². The van der Waals surface area contributed by atoms with Crippen LogP contribution in [0.1, 0.15) is 48.0 Å². The first-order valence-corrected chi connectivity index (χ1v) is 9.55. The van der Waals surface area contributed by atoms with Gasteiger partial charge in [0, 0.05) is 0 Å². The number of methoxy groups -OCH3 is 2. The smallest absolute Gasteiger partial charge is 0.340 e. The number of rotatable bonds is 7. The molecule has 2 atom stereocenters. The van der Waals surface area contributed by atoms with Gasteiger partial charge in [0.1, 0.15) is 11.4 Å². The maximum atomic E-state index is 12.5. The van der Waals surface area contributed by atoms with Crippen LogP contribution in [-0.4, -0.2) is 47.3 Å². The quantitative estimate of drug-likeness (QED) is 0.483. The summed E-state index contributed by atoms with van der Waals surface area (Å²) in [7, 11) is 2.61. The van der Waals surface area contributed by atoms with Gasteiger partial charge in [0.05, 0.1) is 42.4 Å². The van der Waals surface area contributed by atoms with Crippen molar-refractivity contribution in [3.63, 3.8) is 0 Å². The summed E-state index contributed by atoms with van der Waals surface area (Å²) in [6.07, 6.45) is 1.27. The molecule has 0 saturated carbocycles. The summed E-state index contributed by atoms with van der Waals surface area (Å²) in [5, 5.41) is 10.7. The number of carbonyl (C=O) groups is 2. The van der Waals surface area contributed by atoms with Gasteiger partial charge in [-0.2, -0.15) is 0 Å². The van der Waals surface area contributed by atoms with E-state index in [2.05, 4.69) is 9.97 Å². The summed E-state index contributed by atoms with van der Waals surface area (Å²) < 4.78 is 9.79. The number of carbonyl (C=O) groups excluding carboxylic acids is 2. The normalized spacial score (nSPS) is 13.2. The molecule has 0 saturated heterocycles. The van der Waals surface area contributed by atoms with Gasteiger partial charge in [0.25, 0.3) is 0 Å². The summed E-state index contributed by atoms with van der Waals surface area (Å²) in [5.41, 5.74) is 2.80. The molecule has 3 aromatic rings. The number of hydrogen-bond donors (Lipinski definition) is 1. The Morgan fingerprint density at radius 1 is 1.00 bits per heavy atom. The highest BCUT2D eigenvalue weighted by atomic mass is 16.5. The molecule has 0 aliphatic rings. The number of para-hydroxylation sites is 2. The number of unbranched alkanes of at least 4 members (excludes halogenated alkanes) is 1. The second kappa shape index (κ2) is 8.96. The zero-order chi connectivity index (χ0) is 21.0. The lowest BCUT2D eigenvalue weighted by atomic mass is 9.89. The van der Waals surface area contributed by atoms with Crippen molar-refractivity contribution in [3.8, 4) is 0 Å². The van der Waals surface area contributed by atoms with Crippen molar-refractivity contribution in [1.82, 2.24) is 9.97 Å². The Hall–Kier alpha value is -3.06. The van der Waals surface area contributed by atoms with Gasteiger partial charge in [-0.05, 0) is 30.2 Å². The Kier molecular flexibility index (Phi) is 6.39. The first kappa shape index (κ1) is 20.7. The van der Waals surface area contributed by atoms with Crippen LogP contribution in [0.15, 0.2) is 36.4 Å². The van der Waals surface area contributed by atoms with E-state index in [1.165, 1.54) is 14.2 Å². The third-order valence-corrected chi connectivity index (χ3v) is 4.96. The second-order valence-electron chi connectivity index (χ2n) is 6.81. The number of aliphatic hydroxyl groups excluding tert-OH is 1. The number of ether oxygens (including phenoxy) is 2. The molecule has 1 aromatic heterocycles. The molecule has 1 heterocycles. The summed E-state index contributed by atoms with van der Waals surface area (Å²) >= 11 is 0. The standard InChI is InChI=1S/C22H24N2O5/c1-4-5-12-17(25)18(22(27)29-3)13-8-6-10-15-19(13)23-16-11-7-9-14(20(16)24-15)21(26)28-2/h6-11,17-18,25H,4-5,12H2,1-3H3/t17-,18+/m0/s1. The fourth-order valence-corrected chi connectivity index (χ4v) is 3.46. The van der Waals surface area contributed by atoms with E-state index in [0.717, 1.165) is 12.8 Å². The average molecular weight is 396 g/mol. The van der Waals surface area contributed by atoms with E-state index in [-0.39, 0.29) is 0 Å². The van der Waals surface area contributed by atoms with E-state index in [9.17, 15) is 14.7 Å². The van der Waals surface area contributed by atoms with Crippen LogP contribution < -0.4 is 0 Å². The zero-order valence-electron chi connectivity index (χ0n) is 16.7. The molecule has 0 amide bonds. The minimum absolute atomic E-state index is 0.317. The van der Waals surface area contributed by atoms with Crippen LogP contribution in [-0.2, 0) is 14.3 Å². The first-order valence-electron chi connectivity index (χ1n) is 9.55. The Labute approximate surface area is 168 Å². The van der Waals surface area contributed by atoms with E-state index >= 15 is 0 Å². The van der Waals surface area contributed by atoms with Crippen LogP contribution in [0.3, 0.4) is 0 Å². The first-order chi connectivity index (χ1) is 14.0. The number of fused-ring (bicyclic) bond motifs is 2. The lowest BCUT2D eigenvalue weighted by Gasteiger charge is -2.22. The Balaban J connectivity index is 2.21. The van der Waals surface area contributed by atoms with Crippen molar-refractivity contribution in [2.24, 2.45) is 0 Å². The topological polar surface area (TPSA) is 98.6 Å². The van der Waals surface area contributed by atoms with Crippen molar-refractivity contribution in [2.75, 3.05) is 14.2 Å². The molecule has 3 rings (SSSR count). The van der Waals surface area contributed by atoms with E-state index in [0.29, 0.717) is 39.6 Å². The third kappa shape index (κ3) is 4.05. The molecule has 0 unspecified atom stereocenters. The van der Waals surface area contributed by atoms with Crippen LogP contribution >= 0.6 is 0 Å². The summed E-state index contributed by atoms with van der Waals surface area (Å²) in [4.78, 5) is 33.9. The van der Waals surface area contributed by atoms with Crippen molar-refractivity contribution < 1.29 is 24.2 Å². The van der Waals surface area contributed by atoms with Crippen LogP contribution in [0, 0.1) is 0 Å². The third-order valence-electron chi connectivity index (χ3n) is 4.96. The molecular formula is C22H24N2O5. The van der Waals surface area contributed by atoms with Crippen molar-refractivity contribution in [1.29, 1.82) is 0 Å². The average Bonchev–Trinajstić information content (AvgIpc) is 2.75. The molecule has 7 heteroatoms. The number of benzene rings is 2. The van der Waals surface area contributed by atoms with Gasteiger partial charge in [0.2, 0.25) is 0 Å². The Morgan fingerprint density at radius 3 is 2.31 bits per heavy atom. The summed E-state index contributed by atoms with van der Waals surface area (Å²) in [6, 6.07) is 10.3. The summed E-state index contributed by atoms with van der Waals surface area (Å²) in [6.45, 7) is 2.02. The molecule has 0 radical (unpaired) electrons. The Bertz CT molecular complexity index is 1050. The van der Waals surface area contributed by atoms with Crippen LogP contribution in [0.2, 0.25) is 0 Å². The van der Waals surface area contributed by atoms with Gasteiger partial charge in [-0.25, -0.2) is 14.8 Å². The Morgan fingerprint density at radius 2 is 1.66 bits per heavy atom. The van der Waals surface area contributed by atoms with Gasteiger partial charge in [0.15, 0.2) is 0 Å². The molecule has 0 fully saturated rings. The monoisotopic (exact) mass is 396 g/mol. The van der Waals surface area contributed by atoms with Crippen LogP contribution in [0.4, 0.5) is 0 Å². The van der Waals surface area contributed by atoms with Crippen LogP contribution in [0.5, 0.6) is 0 Å². The van der Waals surface area contributed by atoms with Gasteiger partial charge in [-0.3, -0.25) is 4.79 Å². The fraction of sp³-hybridized carbons (Fsp3) is 0.364. The van der Waals surface area contributed by atoms with Gasteiger partial charge in [-0.1, -0.05) is 38.0 Å². The number of nitrogens with zero attached hydrogens (tertiary/aromatic N) is 2. The molecule has 0 bridgehead atoms. The molecular weight excluding hydrogens is 372 g/mol. The maximum Gasteiger partial charge on any atom is 0.340 e. The number of hydrogen-bond acceptors (Lipinski definition) is 7. The minimum atomic E-state index is -0.896. The van der Waals surface area contributed by atoms with Crippen molar-refractivity contribution in [3.05, 3.63) is 47.5 Å². The molecule has 0 aliphatic carbocycles. The highest BCUT2D eigenvalue weighted by Crippen LogP contribution is 2.31. The highest BCUT2D eigenvalue weighted by molar-refractivity contribution is 6.03.